The molecule has 0 spiro atoms. The minimum absolute atomic E-state index is 0.0917. The van der Waals surface area contributed by atoms with E-state index in [9.17, 15) is 13.6 Å². The fraction of sp³-hybridized carbons (Fsp3) is 0.333. The van der Waals surface area contributed by atoms with Crippen molar-refractivity contribution in [1.29, 1.82) is 0 Å². The Morgan fingerprint density at radius 1 is 1.62 bits per heavy atom. The molecule has 0 aliphatic rings. The quantitative estimate of drug-likeness (QED) is 0.686. The number of pyridine rings is 1. The second-order valence-corrected chi connectivity index (χ2v) is 3.90. The van der Waals surface area contributed by atoms with E-state index in [0.717, 1.165) is 6.07 Å². The van der Waals surface area contributed by atoms with Gasteiger partial charge in [0.15, 0.2) is 0 Å². The summed E-state index contributed by atoms with van der Waals surface area (Å²) < 4.78 is 24.8. The van der Waals surface area contributed by atoms with Crippen molar-refractivity contribution in [3.05, 3.63) is 28.0 Å². The van der Waals surface area contributed by atoms with Gasteiger partial charge in [0, 0.05) is 10.9 Å². The third kappa shape index (κ3) is 3.12. The van der Waals surface area contributed by atoms with Crippen LogP contribution in [0.2, 0.25) is 5.15 Å². The molecule has 3 nitrogen and oxygen atoms in total. The van der Waals surface area contributed by atoms with E-state index >= 15 is 0 Å². The first-order valence-corrected chi connectivity index (χ1v) is 5.69. The van der Waals surface area contributed by atoms with Crippen LogP contribution >= 0.6 is 27.5 Å². The van der Waals surface area contributed by atoms with Gasteiger partial charge in [0.25, 0.3) is 6.43 Å². The molecule has 0 radical (unpaired) electrons. The Hall–Kier alpha value is -0.750. The minimum atomic E-state index is -2.77. The van der Waals surface area contributed by atoms with Gasteiger partial charge in [0.1, 0.15) is 10.8 Å². The molecule has 0 unspecified atom stereocenters. The Balaban J connectivity index is 3.24. The van der Waals surface area contributed by atoms with Crippen LogP contribution in [0.15, 0.2) is 6.07 Å². The average molecular weight is 315 g/mol. The zero-order valence-electron chi connectivity index (χ0n) is 7.88. The molecule has 1 heterocycles. The lowest BCUT2D eigenvalue weighted by atomic mass is 10.1. The summed E-state index contributed by atoms with van der Waals surface area (Å²) >= 11 is 8.80. The summed E-state index contributed by atoms with van der Waals surface area (Å²) in [6.07, 6.45) is -3.13. The summed E-state index contributed by atoms with van der Waals surface area (Å²) in [5, 5.41) is 8.82. The minimum Gasteiger partial charge on any atom is -0.481 e. The zero-order chi connectivity index (χ0) is 12.3. The van der Waals surface area contributed by atoms with Crippen molar-refractivity contribution < 1.29 is 18.7 Å². The number of halogens is 4. The van der Waals surface area contributed by atoms with E-state index in [1.807, 2.05) is 0 Å². The molecule has 0 aliphatic heterocycles. The highest BCUT2D eigenvalue weighted by atomic mass is 79.9. The van der Waals surface area contributed by atoms with Crippen molar-refractivity contribution in [3.63, 3.8) is 0 Å². The first-order chi connectivity index (χ1) is 7.45. The van der Waals surface area contributed by atoms with Gasteiger partial charge < -0.3 is 5.11 Å². The molecule has 16 heavy (non-hydrogen) atoms. The summed E-state index contributed by atoms with van der Waals surface area (Å²) in [7, 11) is 0. The first-order valence-electron chi connectivity index (χ1n) is 4.19. The number of carboxylic acid groups (broad SMARTS) is 1. The summed E-state index contributed by atoms with van der Waals surface area (Å²) in [6, 6.07) is 1.07. The molecule has 1 aromatic heterocycles. The number of aliphatic carboxylic acids is 1. The van der Waals surface area contributed by atoms with Crippen molar-refractivity contribution in [2.45, 2.75) is 18.2 Å². The lowest BCUT2D eigenvalue weighted by Gasteiger charge is -2.09. The summed E-state index contributed by atoms with van der Waals surface area (Å²) in [4.78, 5) is 14.1. The van der Waals surface area contributed by atoms with E-state index in [0.29, 0.717) is 5.56 Å². The highest BCUT2D eigenvalue weighted by molar-refractivity contribution is 9.08. The molecule has 0 aliphatic carbocycles. The number of rotatable bonds is 4. The molecule has 7 heteroatoms. The lowest BCUT2D eigenvalue weighted by molar-refractivity contribution is -0.136. The van der Waals surface area contributed by atoms with Gasteiger partial charge in [-0.2, -0.15) is 0 Å². The van der Waals surface area contributed by atoms with Gasteiger partial charge >= 0.3 is 5.97 Å². The number of nitrogens with zero attached hydrogens (tertiary/aromatic N) is 1. The second kappa shape index (κ2) is 5.54. The van der Waals surface area contributed by atoms with Gasteiger partial charge in [-0.15, -0.1) is 0 Å². The first kappa shape index (κ1) is 13.3. The fourth-order valence-electron chi connectivity index (χ4n) is 1.18. The van der Waals surface area contributed by atoms with Gasteiger partial charge in [-0.1, -0.05) is 27.5 Å². The van der Waals surface area contributed by atoms with Crippen LogP contribution in [0.1, 0.15) is 23.2 Å². The van der Waals surface area contributed by atoms with Crippen molar-refractivity contribution in [3.8, 4) is 0 Å². The number of alkyl halides is 3. The van der Waals surface area contributed by atoms with Gasteiger partial charge in [-0.3, -0.25) is 4.79 Å². The van der Waals surface area contributed by atoms with E-state index in [1.165, 1.54) is 0 Å². The maximum Gasteiger partial charge on any atom is 0.307 e. The largest absolute Gasteiger partial charge is 0.481 e. The van der Waals surface area contributed by atoms with Crippen LogP contribution in [0.5, 0.6) is 0 Å². The third-order valence-corrected chi connectivity index (χ3v) is 2.76. The predicted molar refractivity (Wildman–Crippen MR) is 58.2 cm³/mol. The Morgan fingerprint density at radius 2 is 2.25 bits per heavy atom. The van der Waals surface area contributed by atoms with E-state index < -0.39 is 18.1 Å². The van der Waals surface area contributed by atoms with Crippen molar-refractivity contribution in [2.24, 2.45) is 0 Å². The third-order valence-electron chi connectivity index (χ3n) is 1.88. The summed E-state index contributed by atoms with van der Waals surface area (Å²) in [6.45, 7) is 0. The Labute approximate surface area is 104 Å². The molecule has 0 saturated heterocycles. The highest BCUT2D eigenvalue weighted by Crippen LogP contribution is 2.26. The highest BCUT2D eigenvalue weighted by Gasteiger charge is 2.17. The van der Waals surface area contributed by atoms with Crippen LogP contribution in [0.25, 0.3) is 0 Å². The molecule has 88 valence electrons. The fourth-order valence-corrected chi connectivity index (χ4v) is 2.26. The number of hydrogen-bond donors (Lipinski definition) is 1. The average Bonchev–Trinajstić information content (AvgIpc) is 2.16. The van der Waals surface area contributed by atoms with Gasteiger partial charge in [0.2, 0.25) is 0 Å². The smallest absolute Gasteiger partial charge is 0.307 e. The molecule has 0 atom stereocenters. The van der Waals surface area contributed by atoms with Crippen LogP contribution in [-0.4, -0.2) is 16.1 Å². The van der Waals surface area contributed by atoms with Gasteiger partial charge in [-0.25, -0.2) is 13.8 Å². The van der Waals surface area contributed by atoms with Crippen LogP contribution in [0.3, 0.4) is 0 Å². The molecule has 0 aromatic carbocycles. The van der Waals surface area contributed by atoms with Crippen LogP contribution in [0, 0.1) is 0 Å². The van der Waals surface area contributed by atoms with E-state index in [1.54, 1.807) is 0 Å². The van der Waals surface area contributed by atoms with E-state index in [4.69, 9.17) is 16.7 Å². The van der Waals surface area contributed by atoms with Crippen molar-refractivity contribution in [2.75, 3.05) is 0 Å². The normalized spacial score (nSPS) is 10.8. The van der Waals surface area contributed by atoms with Gasteiger partial charge in [-0.05, 0) is 11.6 Å². The Bertz CT molecular complexity index is 415. The monoisotopic (exact) mass is 313 g/mol. The Kier molecular flexibility index (Phi) is 4.61. The molecule has 0 fully saturated rings. The predicted octanol–water partition coefficient (Wildman–Crippen LogP) is 3.19. The molecule has 0 bridgehead atoms. The van der Waals surface area contributed by atoms with Gasteiger partial charge in [0.05, 0.1) is 6.42 Å². The van der Waals surface area contributed by atoms with E-state index in [2.05, 4.69) is 20.9 Å². The lowest BCUT2D eigenvalue weighted by Crippen LogP contribution is -2.06. The molecule has 1 aromatic rings. The van der Waals surface area contributed by atoms with Crippen LogP contribution < -0.4 is 0 Å². The number of aromatic nitrogens is 1. The zero-order valence-corrected chi connectivity index (χ0v) is 10.2. The second-order valence-electron chi connectivity index (χ2n) is 2.98. The number of carboxylic acids is 1. The van der Waals surface area contributed by atoms with Crippen LogP contribution in [0.4, 0.5) is 8.78 Å². The molecule has 0 amide bonds. The maximum atomic E-state index is 12.4. The Morgan fingerprint density at radius 3 is 2.69 bits per heavy atom. The number of hydrogen-bond acceptors (Lipinski definition) is 2. The maximum absolute atomic E-state index is 12.4. The standard InChI is InChI=1S/C9H7BrClF2NO2/c10-3-5-4(2-7(15)16)1-6(9(12)13)14-8(5)11/h1,9H,2-3H2,(H,15,16). The molecule has 1 N–H and O–H groups in total. The summed E-state index contributed by atoms with van der Waals surface area (Å²) in [5.74, 6) is -1.11. The van der Waals surface area contributed by atoms with Crippen LogP contribution in [-0.2, 0) is 16.5 Å². The number of carbonyl (C=O) groups is 1. The summed E-state index contributed by atoms with van der Waals surface area (Å²) in [5.41, 5.74) is 0.166. The SMILES string of the molecule is O=C(O)Cc1cc(C(F)F)nc(Cl)c1CBr. The van der Waals surface area contributed by atoms with Crippen molar-refractivity contribution >= 4 is 33.5 Å². The topological polar surface area (TPSA) is 50.2 Å². The van der Waals surface area contributed by atoms with Crippen molar-refractivity contribution in [1.82, 2.24) is 4.98 Å². The molecular weight excluding hydrogens is 307 g/mol. The molecular formula is C9H7BrClF2NO2. The molecule has 0 saturated carbocycles. The molecule has 1 rings (SSSR count). The van der Waals surface area contributed by atoms with E-state index in [-0.39, 0.29) is 22.5 Å².